The molecule has 4 heteroatoms. The van der Waals surface area contributed by atoms with Gasteiger partial charge in [-0.3, -0.25) is 4.79 Å². The molecule has 0 spiro atoms. The van der Waals surface area contributed by atoms with Gasteiger partial charge >= 0.3 is 0 Å². The summed E-state index contributed by atoms with van der Waals surface area (Å²) in [5, 5.41) is 0. The van der Waals surface area contributed by atoms with E-state index in [-0.39, 0.29) is 5.78 Å². The molecule has 3 aromatic rings. The van der Waals surface area contributed by atoms with Gasteiger partial charge in [0.1, 0.15) is 29.6 Å². The molecule has 0 atom stereocenters. The first kappa shape index (κ1) is 19.5. The molecule has 0 aliphatic rings. The lowest BCUT2D eigenvalue weighted by Crippen LogP contribution is -1.94. The van der Waals surface area contributed by atoms with Crippen molar-refractivity contribution in [3.05, 3.63) is 89.4 Å². The molecule has 0 aliphatic carbocycles. The SMILES string of the molecule is COc1ccc(C(=O)/C=C/c2ccc(COc3ccc(C(C)C)cc3)o2)cc1. The van der Waals surface area contributed by atoms with E-state index < -0.39 is 0 Å². The van der Waals surface area contributed by atoms with Crippen molar-refractivity contribution in [2.75, 3.05) is 7.11 Å². The van der Waals surface area contributed by atoms with Crippen LogP contribution in [0.3, 0.4) is 0 Å². The number of hydrogen-bond donors (Lipinski definition) is 0. The monoisotopic (exact) mass is 376 g/mol. The number of ketones is 1. The molecule has 0 radical (unpaired) electrons. The van der Waals surface area contributed by atoms with Gasteiger partial charge in [0.2, 0.25) is 0 Å². The van der Waals surface area contributed by atoms with Crippen LogP contribution in [0.15, 0.2) is 71.2 Å². The molecule has 28 heavy (non-hydrogen) atoms. The van der Waals surface area contributed by atoms with E-state index in [1.54, 1.807) is 37.5 Å². The minimum Gasteiger partial charge on any atom is -0.497 e. The van der Waals surface area contributed by atoms with Gasteiger partial charge in [-0.05, 0) is 72.2 Å². The molecule has 0 unspecified atom stereocenters. The predicted molar refractivity (Wildman–Crippen MR) is 110 cm³/mol. The van der Waals surface area contributed by atoms with Gasteiger partial charge < -0.3 is 13.9 Å². The summed E-state index contributed by atoms with van der Waals surface area (Å²) in [5.74, 6) is 3.22. The minimum absolute atomic E-state index is 0.0953. The van der Waals surface area contributed by atoms with Gasteiger partial charge in [0, 0.05) is 5.56 Å². The second-order valence-electron chi connectivity index (χ2n) is 6.74. The van der Waals surface area contributed by atoms with E-state index in [9.17, 15) is 4.79 Å². The number of methoxy groups -OCH3 is 1. The molecule has 4 nitrogen and oxygen atoms in total. The zero-order valence-electron chi connectivity index (χ0n) is 16.3. The Morgan fingerprint density at radius 2 is 1.64 bits per heavy atom. The number of carbonyl (C=O) groups is 1. The number of furan rings is 1. The second-order valence-corrected chi connectivity index (χ2v) is 6.74. The molecular formula is C24H24O4. The van der Waals surface area contributed by atoms with E-state index in [2.05, 4.69) is 26.0 Å². The second kappa shape index (κ2) is 9.09. The highest BCUT2D eigenvalue weighted by Crippen LogP contribution is 2.20. The van der Waals surface area contributed by atoms with Crippen LogP contribution in [-0.2, 0) is 6.61 Å². The lowest BCUT2D eigenvalue weighted by molar-refractivity contribution is 0.104. The summed E-state index contributed by atoms with van der Waals surface area (Å²) in [6, 6.07) is 18.7. The first-order valence-electron chi connectivity index (χ1n) is 9.23. The number of hydrogen-bond acceptors (Lipinski definition) is 4. The van der Waals surface area contributed by atoms with Crippen molar-refractivity contribution in [3.63, 3.8) is 0 Å². The van der Waals surface area contributed by atoms with Crippen molar-refractivity contribution in [3.8, 4) is 11.5 Å². The van der Waals surface area contributed by atoms with Gasteiger partial charge in [0.15, 0.2) is 5.78 Å². The highest BCUT2D eigenvalue weighted by atomic mass is 16.5. The largest absolute Gasteiger partial charge is 0.497 e. The first-order valence-corrected chi connectivity index (χ1v) is 9.23. The predicted octanol–water partition coefficient (Wildman–Crippen LogP) is 5.89. The van der Waals surface area contributed by atoms with Crippen molar-refractivity contribution in [1.82, 2.24) is 0 Å². The Kier molecular flexibility index (Phi) is 6.33. The zero-order valence-corrected chi connectivity index (χ0v) is 16.3. The lowest BCUT2D eigenvalue weighted by Gasteiger charge is -2.07. The van der Waals surface area contributed by atoms with Crippen molar-refractivity contribution in [2.45, 2.75) is 26.4 Å². The summed E-state index contributed by atoms with van der Waals surface area (Å²) in [6.45, 7) is 4.65. The maximum atomic E-state index is 12.2. The topological polar surface area (TPSA) is 48.7 Å². The summed E-state index contributed by atoms with van der Waals surface area (Å²) in [4.78, 5) is 12.2. The van der Waals surface area contributed by atoms with Crippen LogP contribution in [0.25, 0.3) is 6.08 Å². The number of benzene rings is 2. The van der Waals surface area contributed by atoms with E-state index in [4.69, 9.17) is 13.9 Å². The molecule has 0 amide bonds. The van der Waals surface area contributed by atoms with E-state index in [1.165, 1.54) is 11.6 Å². The van der Waals surface area contributed by atoms with Crippen molar-refractivity contribution >= 4 is 11.9 Å². The molecule has 0 saturated heterocycles. The molecule has 0 N–H and O–H groups in total. The lowest BCUT2D eigenvalue weighted by atomic mass is 10.0. The fourth-order valence-electron chi connectivity index (χ4n) is 2.67. The first-order chi connectivity index (χ1) is 13.5. The van der Waals surface area contributed by atoms with Crippen LogP contribution in [0.1, 0.15) is 47.2 Å². The third kappa shape index (κ3) is 5.13. The van der Waals surface area contributed by atoms with E-state index in [0.29, 0.717) is 29.6 Å². The van der Waals surface area contributed by atoms with Crippen molar-refractivity contribution in [2.24, 2.45) is 0 Å². The maximum Gasteiger partial charge on any atom is 0.185 e. The Balaban J connectivity index is 1.55. The summed E-state index contributed by atoms with van der Waals surface area (Å²) < 4.78 is 16.6. The molecule has 0 fully saturated rings. The summed E-state index contributed by atoms with van der Waals surface area (Å²) in [5.41, 5.74) is 1.87. The third-order valence-corrected chi connectivity index (χ3v) is 4.38. The smallest absolute Gasteiger partial charge is 0.185 e. The molecule has 1 aromatic heterocycles. The summed E-state index contributed by atoms with van der Waals surface area (Å²) in [6.07, 6.45) is 3.16. The Morgan fingerprint density at radius 1 is 0.964 bits per heavy atom. The summed E-state index contributed by atoms with van der Waals surface area (Å²) >= 11 is 0. The van der Waals surface area contributed by atoms with Gasteiger partial charge in [0.05, 0.1) is 7.11 Å². The van der Waals surface area contributed by atoms with Gasteiger partial charge in [-0.15, -0.1) is 0 Å². The van der Waals surface area contributed by atoms with Crippen molar-refractivity contribution in [1.29, 1.82) is 0 Å². The molecule has 2 aromatic carbocycles. The van der Waals surface area contributed by atoms with Gasteiger partial charge in [-0.25, -0.2) is 0 Å². The van der Waals surface area contributed by atoms with E-state index in [1.807, 2.05) is 24.3 Å². The average molecular weight is 376 g/mol. The molecular weight excluding hydrogens is 352 g/mol. The molecule has 0 aliphatic heterocycles. The average Bonchev–Trinajstić information content (AvgIpc) is 3.18. The number of allylic oxidation sites excluding steroid dienone is 1. The van der Waals surface area contributed by atoms with Crippen LogP contribution in [0.5, 0.6) is 11.5 Å². The van der Waals surface area contributed by atoms with Crippen LogP contribution in [-0.4, -0.2) is 12.9 Å². The Bertz CT molecular complexity index is 931. The Hall–Kier alpha value is -3.27. The van der Waals surface area contributed by atoms with E-state index >= 15 is 0 Å². The zero-order chi connectivity index (χ0) is 19.9. The molecule has 3 rings (SSSR count). The van der Waals surface area contributed by atoms with Crippen LogP contribution in [0, 0.1) is 0 Å². The Morgan fingerprint density at radius 3 is 2.29 bits per heavy atom. The normalized spacial score (nSPS) is 11.1. The third-order valence-electron chi connectivity index (χ3n) is 4.38. The molecule has 144 valence electrons. The number of rotatable bonds is 8. The standard InChI is InChI=1S/C24H24O4/c1-17(2)18-4-10-21(11-5-18)27-16-23-13-12-22(28-23)14-15-24(25)19-6-8-20(26-3)9-7-19/h4-15,17H,16H2,1-3H3/b15-14+. The van der Waals surface area contributed by atoms with E-state index in [0.717, 1.165) is 11.5 Å². The molecule has 0 bridgehead atoms. The number of ether oxygens (including phenoxy) is 2. The van der Waals surface area contributed by atoms with Gasteiger partial charge in [0.25, 0.3) is 0 Å². The highest BCUT2D eigenvalue weighted by Gasteiger charge is 2.05. The van der Waals surface area contributed by atoms with Gasteiger partial charge in [-0.2, -0.15) is 0 Å². The molecule has 1 heterocycles. The fraction of sp³-hybridized carbons (Fsp3) is 0.208. The summed E-state index contributed by atoms with van der Waals surface area (Å²) in [7, 11) is 1.59. The van der Waals surface area contributed by atoms with Crippen LogP contribution >= 0.6 is 0 Å². The maximum absolute atomic E-state index is 12.2. The fourth-order valence-corrected chi connectivity index (χ4v) is 2.67. The number of carbonyl (C=O) groups excluding carboxylic acids is 1. The van der Waals surface area contributed by atoms with Crippen LogP contribution in [0.4, 0.5) is 0 Å². The van der Waals surface area contributed by atoms with Crippen LogP contribution in [0.2, 0.25) is 0 Å². The molecule has 0 saturated carbocycles. The minimum atomic E-state index is -0.0953. The van der Waals surface area contributed by atoms with Crippen molar-refractivity contribution < 1.29 is 18.7 Å². The van der Waals surface area contributed by atoms with Gasteiger partial charge in [-0.1, -0.05) is 26.0 Å². The van der Waals surface area contributed by atoms with Crippen LogP contribution < -0.4 is 9.47 Å². The highest BCUT2D eigenvalue weighted by molar-refractivity contribution is 6.06. The quantitative estimate of drug-likeness (QED) is 0.363. The Labute approximate surface area is 165 Å².